The van der Waals surface area contributed by atoms with Crippen molar-refractivity contribution >= 4 is 43.8 Å². The number of urea groups is 1. The van der Waals surface area contributed by atoms with Gasteiger partial charge in [0.25, 0.3) is 5.91 Å². The van der Waals surface area contributed by atoms with E-state index in [2.05, 4.69) is 31.9 Å². The van der Waals surface area contributed by atoms with E-state index in [0.717, 1.165) is 5.56 Å². The summed E-state index contributed by atoms with van der Waals surface area (Å²) in [6.07, 6.45) is -0.871. The van der Waals surface area contributed by atoms with Crippen molar-refractivity contribution in [2.24, 2.45) is 11.5 Å². The summed E-state index contributed by atoms with van der Waals surface area (Å²) in [5, 5.41) is 1.95. The van der Waals surface area contributed by atoms with Gasteiger partial charge in [-0.1, -0.05) is 0 Å². The van der Waals surface area contributed by atoms with Gasteiger partial charge in [-0.05, 0) is 56.5 Å². The lowest BCUT2D eigenvalue weighted by Crippen LogP contribution is -2.42. The third-order valence-corrected chi connectivity index (χ3v) is 3.38. The first kappa shape index (κ1) is 15.9. The molecular weight excluding hydrogens is 382 g/mol. The Morgan fingerprint density at radius 2 is 1.89 bits per heavy atom. The molecule has 104 valence electrons. The van der Waals surface area contributed by atoms with Gasteiger partial charge in [0, 0.05) is 6.54 Å². The molecule has 8 heteroatoms. The molecule has 1 aromatic carbocycles. The van der Waals surface area contributed by atoms with Crippen LogP contribution in [0.1, 0.15) is 12.5 Å². The van der Waals surface area contributed by atoms with Crippen molar-refractivity contribution in [3.05, 3.63) is 26.6 Å². The number of hydrogen-bond donors (Lipinski definition) is 3. The molecule has 0 aliphatic rings. The largest absolute Gasteiger partial charge is 0.479 e. The number of nitrogens with one attached hydrogen (secondary N) is 1. The first-order valence-corrected chi connectivity index (χ1v) is 6.88. The topological polar surface area (TPSA) is 107 Å². The van der Waals surface area contributed by atoms with Crippen molar-refractivity contribution < 1.29 is 14.3 Å². The van der Waals surface area contributed by atoms with E-state index in [9.17, 15) is 9.59 Å². The standard InChI is InChI=1S/C11H13Br2N3O3/c1-5(10(17)16-11(15)18)19-9-7(12)2-6(4-14)3-8(9)13/h2-3,5H,4,14H2,1H3,(H3,15,16,17,18). The fraction of sp³-hybridized carbons (Fsp3) is 0.273. The Hall–Kier alpha value is -1.12. The van der Waals surface area contributed by atoms with Crippen molar-refractivity contribution in [3.63, 3.8) is 0 Å². The lowest BCUT2D eigenvalue weighted by atomic mass is 10.2. The van der Waals surface area contributed by atoms with Crippen molar-refractivity contribution in [1.82, 2.24) is 5.32 Å². The summed E-state index contributed by atoms with van der Waals surface area (Å²) in [6, 6.07) is 2.66. The van der Waals surface area contributed by atoms with E-state index in [4.69, 9.17) is 16.2 Å². The maximum atomic E-state index is 11.5. The number of benzene rings is 1. The molecule has 0 aliphatic heterocycles. The highest BCUT2D eigenvalue weighted by atomic mass is 79.9. The molecule has 0 spiro atoms. The van der Waals surface area contributed by atoms with E-state index in [1.165, 1.54) is 6.92 Å². The zero-order valence-electron chi connectivity index (χ0n) is 10.1. The maximum Gasteiger partial charge on any atom is 0.318 e. The summed E-state index contributed by atoms with van der Waals surface area (Å²) in [5.74, 6) is -0.168. The van der Waals surface area contributed by atoms with E-state index in [1.54, 1.807) is 12.1 Å². The zero-order valence-corrected chi connectivity index (χ0v) is 13.2. The van der Waals surface area contributed by atoms with E-state index >= 15 is 0 Å². The molecule has 19 heavy (non-hydrogen) atoms. The molecule has 3 amide bonds. The quantitative estimate of drug-likeness (QED) is 0.721. The number of ether oxygens (including phenoxy) is 1. The number of rotatable bonds is 4. The van der Waals surface area contributed by atoms with Gasteiger partial charge in [-0.2, -0.15) is 0 Å². The van der Waals surface area contributed by atoms with Gasteiger partial charge in [0.2, 0.25) is 0 Å². The highest BCUT2D eigenvalue weighted by Crippen LogP contribution is 2.35. The second kappa shape index (κ2) is 6.88. The number of imide groups is 1. The lowest BCUT2D eigenvalue weighted by molar-refractivity contribution is -0.126. The Kier molecular flexibility index (Phi) is 5.77. The summed E-state index contributed by atoms with van der Waals surface area (Å²) in [6.45, 7) is 1.89. The van der Waals surface area contributed by atoms with Gasteiger partial charge in [-0.15, -0.1) is 0 Å². The number of halogens is 2. The third kappa shape index (κ3) is 4.48. The molecule has 0 heterocycles. The molecule has 0 bridgehead atoms. The van der Waals surface area contributed by atoms with Crippen LogP contribution >= 0.6 is 31.9 Å². The van der Waals surface area contributed by atoms with Gasteiger partial charge in [-0.25, -0.2) is 4.79 Å². The first-order valence-electron chi connectivity index (χ1n) is 5.30. The predicted molar refractivity (Wildman–Crippen MR) is 77.5 cm³/mol. The van der Waals surface area contributed by atoms with Crippen LogP contribution in [0.4, 0.5) is 4.79 Å². The van der Waals surface area contributed by atoms with Gasteiger partial charge in [0.05, 0.1) is 8.95 Å². The van der Waals surface area contributed by atoms with E-state index < -0.39 is 18.0 Å². The fourth-order valence-corrected chi connectivity index (χ4v) is 2.76. The third-order valence-electron chi connectivity index (χ3n) is 2.20. The number of primary amides is 1. The Balaban J connectivity index is 2.88. The molecule has 1 rings (SSSR count). The molecule has 1 unspecified atom stereocenters. The predicted octanol–water partition coefficient (Wildman–Crippen LogP) is 1.63. The van der Waals surface area contributed by atoms with Crippen molar-refractivity contribution in [1.29, 1.82) is 0 Å². The minimum atomic E-state index is -0.919. The highest BCUT2D eigenvalue weighted by Gasteiger charge is 2.19. The van der Waals surface area contributed by atoms with Crippen LogP contribution in [0, 0.1) is 0 Å². The second-order valence-electron chi connectivity index (χ2n) is 3.71. The molecular formula is C11H13Br2N3O3. The van der Waals surface area contributed by atoms with Crippen LogP contribution in [-0.4, -0.2) is 18.0 Å². The number of carbonyl (C=O) groups excluding carboxylic acids is 2. The number of amides is 3. The normalized spacial score (nSPS) is 11.8. The molecule has 0 fully saturated rings. The molecule has 0 radical (unpaired) electrons. The van der Waals surface area contributed by atoms with Crippen LogP contribution in [-0.2, 0) is 11.3 Å². The van der Waals surface area contributed by atoms with Crippen LogP contribution < -0.4 is 21.5 Å². The van der Waals surface area contributed by atoms with Crippen LogP contribution in [0.3, 0.4) is 0 Å². The molecule has 1 aromatic rings. The van der Waals surface area contributed by atoms with E-state index in [-0.39, 0.29) is 0 Å². The molecule has 0 saturated heterocycles. The van der Waals surface area contributed by atoms with Gasteiger partial charge in [0.15, 0.2) is 6.10 Å². The highest BCUT2D eigenvalue weighted by molar-refractivity contribution is 9.11. The monoisotopic (exact) mass is 393 g/mol. The number of nitrogens with two attached hydrogens (primary N) is 2. The van der Waals surface area contributed by atoms with Crippen LogP contribution in [0.15, 0.2) is 21.1 Å². The van der Waals surface area contributed by atoms with E-state index in [1.807, 2.05) is 5.32 Å². The van der Waals surface area contributed by atoms with Crippen LogP contribution in [0.2, 0.25) is 0 Å². The summed E-state index contributed by atoms with van der Waals surface area (Å²) >= 11 is 6.67. The second-order valence-corrected chi connectivity index (χ2v) is 5.41. The van der Waals surface area contributed by atoms with Crippen molar-refractivity contribution in [2.45, 2.75) is 19.6 Å². The SMILES string of the molecule is CC(Oc1c(Br)cc(CN)cc1Br)C(=O)NC(N)=O. The van der Waals surface area contributed by atoms with Gasteiger partial charge >= 0.3 is 6.03 Å². The molecule has 6 nitrogen and oxygen atoms in total. The van der Waals surface area contributed by atoms with Crippen LogP contribution in [0.5, 0.6) is 5.75 Å². The maximum absolute atomic E-state index is 11.5. The van der Waals surface area contributed by atoms with Crippen molar-refractivity contribution in [3.8, 4) is 5.75 Å². The van der Waals surface area contributed by atoms with Crippen LogP contribution in [0.25, 0.3) is 0 Å². The first-order chi connectivity index (χ1) is 8.85. The lowest BCUT2D eigenvalue weighted by Gasteiger charge is -2.16. The average Bonchev–Trinajstić information content (AvgIpc) is 2.32. The van der Waals surface area contributed by atoms with Crippen molar-refractivity contribution in [2.75, 3.05) is 0 Å². The summed E-state index contributed by atoms with van der Waals surface area (Å²) < 4.78 is 6.79. The summed E-state index contributed by atoms with van der Waals surface area (Å²) in [5.41, 5.74) is 11.3. The van der Waals surface area contributed by atoms with E-state index in [0.29, 0.717) is 21.2 Å². The Labute approximate surface area is 127 Å². The minimum Gasteiger partial charge on any atom is -0.479 e. The summed E-state index contributed by atoms with van der Waals surface area (Å²) in [7, 11) is 0. The zero-order chi connectivity index (χ0) is 14.6. The molecule has 5 N–H and O–H groups in total. The van der Waals surface area contributed by atoms with Gasteiger partial charge in [-0.3, -0.25) is 10.1 Å². The average molecular weight is 395 g/mol. The Morgan fingerprint density at radius 1 is 1.37 bits per heavy atom. The smallest absolute Gasteiger partial charge is 0.318 e. The molecule has 1 atom stereocenters. The number of carbonyl (C=O) groups is 2. The Morgan fingerprint density at radius 3 is 2.32 bits per heavy atom. The molecule has 0 aliphatic carbocycles. The van der Waals surface area contributed by atoms with Gasteiger partial charge < -0.3 is 16.2 Å². The number of hydrogen-bond acceptors (Lipinski definition) is 4. The fourth-order valence-electron chi connectivity index (χ4n) is 1.30. The van der Waals surface area contributed by atoms with Gasteiger partial charge in [0.1, 0.15) is 5.75 Å². The Bertz CT molecular complexity index is 485. The minimum absolute atomic E-state index is 0.384. The molecule has 0 aromatic heterocycles. The molecule has 0 saturated carbocycles. The summed E-state index contributed by atoms with van der Waals surface area (Å²) in [4.78, 5) is 22.1.